The summed E-state index contributed by atoms with van der Waals surface area (Å²) in [5.74, 6) is -0.889. The molecule has 0 aromatic rings. The Morgan fingerprint density at radius 2 is 1.85 bits per heavy atom. The summed E-state index contributed by atoms with van der Waals surface area (Å²) in [7, 11) is 1.65. The summed E-state index contributed by atoms with van der Waals surface area (Å²) in [6.07, 6.45) is 0.395. The Balaban J connectivity index is 0. The maximum atomic E-state index is 10.7. The molecule has 13 heavy (non-hydrogen) atoms. The van der Waals surface area contributed by atoms with E-state index in [4.69, 9.17) is 5.11 Å². The van der Waals surface area contributed by atoms with Gasteiger partial charge >= 0.3 is 5.97 Å². The van der Waals surface area contributed by atoms with Crippen molar-refractivity contribution in [3.63, 3.8) is 0 Å². The molecule has 0 radical (unpaired) electrons. The van der Waals surface area contributed by atoms with Crippen LogP contribution < -0.4 is 5.32 Å². The topological polar surface area (TPSA) is 66.4 Å². The normalized spacial score (nSPS) is 11.1. The van der Waals surface area contributed by atoms with Crippen molar-refractivity contribution in [3.8, 4) is 0 Å². The lowest BCUT2D eigenvalue weighted by Gasteiger charge is -2.09. The van der Waals surface area contributed by atoms with E-state index in [1.54, 1.807) is 7.05 Å². The van der Waals surface area contributed by atoms with Gasteiger partial charge in [-0.1, -0.05) is 13.8 Å². The van der Waals surface area contributed by atoms with E-state index in [0.29, 0.717) is 6.42 Å². The first kappa shape index (κ1) is 14.6. The number of nitrogens with one attached hydrogen (secondary N) is 1. The molecule has 4 nitrogen and oxygen atoms in total. The zero-order valence-electron chi connectivity index (χ0n) is 8.76. The van der Waals surface area contributed by atoms with Gasteiger partial charge in [0.05, 0.1) is 6.04 Å². The third-order valence-corrected chi connectivity index (χ3v) is 1.49. The summed E-state index contributed by atoms with van der Waals surface area (Å²) >= 11 is 0. The molecule has 2 N–H and O–H groups in total. The maximum absolute atomic E-state index is 10.7. The van der Waals surface area contributed by atoms with E-state index in [0.717, 1.165) is 0 Å². The molecular weight excluding hydrogens is 170 g/mol. The fraction of sp³-hybridized carbons (Fsp3) is 0.778. The Hall–Kier alpha value is -0.900. The third kappa shape index (κ3) is 9.01. The minimum absolute atomic E-state index is 0.0197. The molecule has 0 heterocycles. The first-order chi connectivity index (χ1) is 6.07. The Labute approximate surface area is 79.3 Å². The molecule has 0 aromatic heterocycles. The molecule has 78 valence electrons. The molecule has 0 aromatic carbocycles. The van der Waals surface area contributed by atoms with Gasteiger partial charge in [0.25, 0.3) is 0 Å². The van der Waals surface area contributed by atoms with Crippen LogP contribution in [0.25, 0.3) is 0 Å². The van der Waals surface area contributed by atoms with Gasteiger partial charge in [0.1, 0.15) is 5.78 Å². The highest BCUT2D eigenvalue weighted by atomic mass is 16.4. The van der Waals surface area contributed by atoms with E-state index >= 15 is 0 Å². The van der Waals surface area contributed by atoms with E-state index < -0.39 is 5.97 Å². The molecule has 0 saturated carbocycles. The highest BCUT2D eigenvalue weighted by Gasteiger charge is 2.12. The van der Waals surface area contributed by atoms with Crippen LogP contribution in [0.15, 0.2) is 0 Å². The van der Waals surface area contributed by atoms with E-state index in [1.165, 1.54) is 6.92 Å². The number of likely N-dealkylation sites (N-methyl/N-ethyl adjacent to an activating group) is 1. The lowest BCUT2D eigenvalue weighted by Crippen LogP contribution is -2.32. The number of rotatable bonds is 5. The van der Waals surface area contributed by atoms with Crippen molar-refractivity contribution in [2.24, 2.45) is 0 Å². The van der Waals surface area contributed by atoms with Gasteiger partial charge in [-0.05, 0) is 20.4 Å². The number of carboxylic acid groups (broad SMARTS) is 1. The summed E-state index contributed by atoms with van der Waals surface area (Å²) in [6, 6.07) is -0.314. The zero-order valence-corrected chi connectivity index (χ0v) is 8.76. The molecule has 0 fully saturated rings. The molecule has 0 amide bonds. The molecule has 0 aliphatic carbocycles. The Bertz CT molecular complexity index is 157. The fourth-order valence-corrected chi connectivity index (χ4v) is 0.819. The molecule has 0 aliphatic rings. The minimum Gasteiger partial charge on any atom is -0.481 e. The molecule has 0 rings (SSSR count). The number of aliphatic carboxylic acids is 1. The Morgan fingerprint density at radius 1 is 1.38 bits per heavy atom. The fourth-order valence-electron chi connectivity index (χ4n) is 0.819. The number of hydrogen-bond donors (Lipinski definition) is 2. The quantitative estimate of drug-likeness (QED) is 0.678. The number of carboxylic acids is 1. The molecule has 1 unspecified atom stereocenters. The highest BCUT2D eigenvalue weighted by molar-refractivity contribution is 5.82. The van der Waals surface area contributed by atoms with Gasteiger partial charge in [-0.25, -0.2) is 0 Å². The maximum Gasteiger partial charge on any atom is 0.303 e. The van der Waals surface area contributed by atoms with E-state index in [9.17, 15) is 9.59 Å². The molecule has 1 atom stereocenters. The zero-order chi connectivity index (χ0) is 10.9. The first-order valence-electron chi connectivity index (χ1n) is 4.47. The minimum atomic E-state index is -0.869. The molecule has 0 saturated heterocycles. The number of hydrogen-bond acceptors (Lipinski definition) is 3. The smallest absolute Gasteiger partial charge is 0.303 e. The van der Waals surface area contributed by atoms with Crippen molar-refractivity contribution in [1.82, 2.24) is 5.32 Å². The standard InChI is InChI=1S/C7H13NO3.C2H6/c1-5(9)6(8-2)3-4-7(10)11;1-2/h6,8H,3-4H2,1-2H3,(H,10,11);1-2H3. The van der Waals surface area contributed by atoms with Gasteiger partial charge in [-0.2, -0.15) is 0 Å². The second-order valence-electron chi connectivity index (χ2n) is 2.38. The van der Waals surface area contributed by atoms with Crippen LogP contribution in [0.5, 0.6) is 0 Å². The van der Waals surface area contributed by atoms with Crippen LogP contribution in [-0.4, -0.2) is 29.9 Å². The number of ketones is 1. The van der Waals surface area contributed by atoms with Crippen molar-refractivity contribution in [3.05, 3.63) is 0 Å². The Kier molecular flexibility index (Phi) is 10.3. The van der Waals surface area contributed by atoms with E-state index in [2.05, 4.69) is 5.32 Å². The van der Waals surface area contributed by atoms with Crippen LogP contribution in [0, 0.1) is 0 Å². The average Bonchev–Trinajstić information content (AvgIpc) is 2.08. The lowest BCUT2D eigenvalue weighted by molar-refractivity contribution is -0.137. The summed E-state index contributed by atoms with van der Waals surface area (Å²) < 4.78 is 0. The van der Waals surface area contributed by atoms with Crippen LogP contribution in [0.2, 0.25) is 0 Å². The van der Waals surface area contributed by atoms with Crippen LogP contribution in [0.3, 0.4) is 0 Å². The first-order valence-corrected chi connectivity index (χ1v) is 4.47. The predicted octanol–water partition coefficient (Wildman–Crippen LogP) is 1.05. The third-order valence-electron chi connectivity index (χ3n) is 1.49. The van der Waals surface area contributed by atoms with Crippen molar-refractivity contribution in [1.29, 1.82) is 0 Å². The van der Waals surface area contributed by atoms with Gasteiger partial charge in [0, 0.05) is 6.42 Å². The van der Waals surface area contributed by atoms with Gasteiger partial charge in [0.15, 0.2) is 0 Å². The molecule has 4 heteroatoms. The monoisotopic (exact) mass is 189 g/mol. The Morgan fingerprint density at radius 3 is 2.08 bits per heavy atom. The summed E-state index contributed by atoms with van der Waals surface area (Å²) in [4.78, 5) is 20.8. The second kappa shape index (κ2) is 9.19. The highest BCUT2D eigenvalue weighted by Crippen LogP contribution is 1.97. The molecule has 0 bridgehead atoms. The molecule has 0 aliphatic heterocycles. The van der Waals surface area contributed by atoms with Crippen LogP contribution in [0.4, 0.5) is 0 Å². The molecular formula is C9H19NO3. The number of carbonyl (C=O) groups is 2. The van der Waals surface area contributed by atoms with E-state index in [1.807, 2.05) is 13.8 Å². The van der Waals surface area contributed by atoms with Gasteiger partial charge in [-0.3, -0.25) is 9.59 Å². The van der Waals surface area contributed by atoms with Gasteiger partial charge < -0.3 is 10.4 Å². The SMILES string of the molecule is CC.CNC(CCC(=O)O)C(C)=O. The van der Waals surface area contributed by atoms with Crippen molar-refractivity contribution < 1.29 is 14.7 Å². The second-order valence-corrected chi connectivity index (χ2v) is 2.38. The van der Waals surface area contributed by atoms with Crippen LogP contribution in [0.1, 0.15) is 33.6 Å². The van der Waals surface area contributed by atoms with Crippen LogP contribution in [-0.2, 0) is 9.59 Å². The molecule has 0 spiro atoms. The predicted molar refractivity (Wildman–Crippen MR) is 51.7 cm³/mol. The summed E-state index contributed by atoms with van der Waals surface area (Å²) in [5, 5.41) is 11.0. The van der Waals surface area contributed by atoms with Gasteiger partial charge in [0.2, 0.25) is 0 Å². The van der Waals surface area contributed by atoms with Crippen LogP contribution >= 0.6 is 0 Å². The summed E-state index contributed by atoms with van der Waals surface area (Å²) in [6.45, 7) is 5.45. The average molecular weight is 189 g/mol. The van der Waals surface area contributed by atoms with Gasteiger partial charge in [-0.15, -0.1) is 0 Å². The van der Waals surface area contributed by atoms with Crippen molar-refractivity contribution in [2.45, 2.75) is 39.7 Å². The summed E-state index contributed by atoms with van der Waals surface area (Å²) in [5.41, 5.74) is 0. The van der Waals surface area contributed by atoms with Crippen molar-refractivity contribution in [2.75, 3.05) is 7.05 Å². The largest absolute Gasteiger partial charge is 0.481 e. The van der Waals surface area contributed by atoms with Crippen molar-refractivity contribution >= 4 is 11.8 Å². The number of carbonyl (C=O) groups excluding carboxylic acids is 1. The van der Waals surface area contributed by atoms with E-state index in [-0.39, 0.29) is 18.2 Å². The lowest BCUT2D eigenvalue weighted by atomic mass is 10.1. The number of Topliss-reactive ketones (excluding diaryl/α,β-unsaturated/α-hetero) is 1.